The molecular formula is C19H20ClN5. The molecular weight excluding hydrogens is 334 g/mol. The first kappa shape index (κ1) is 17.2. The van der Waals surface area contributed by atoms with E-state index in [-0.39, 0.29) is 0 Å². The lowest BCUT2D eigenvalue weighted by atomic mass is 10.1. The number of benzene rings is 2. The molecule has 0 aliphatic carbocycles. The smallest absolute Gasteiger partial charge is 0.244 e. The van der Waals surface area contributed by atoms with E-state index in [4.69, 9.17) is 11.6 Å². The number of aromatic nitrogens is 3. The predicted octanol–water partition coefficient (Wildman–Crippen LogP) is 3.83. The maximum atomic E-state index is 6.00. The van der Waals surface area contributed by atoms with Crippen molar-refractivity contribution in [3.8, 4) is 0 Å². The Kier molecular flexibility index (Phi) is 6.17. The van der Waals surface area contributed by atoms with E-state index in [1.165, 1.54) is 11.1 Å². The van der Waals surface area contributed by atoms with Gasteiger partial charge in [0.2, 0.25) is 5.95 Å². The number of hydrogen-bond donors (Lipinski definition) is 2. The molecule has 0 spiro atoms. The summed E-state index contributed by atoms with van der Waals surface area (Å²) < 4.78 is 0. The first-order valence-electron chi connectivity index (χ1n) is 8.25. The maximum absolute atomic E-state index is 6.00. The van der Waals surface area contributed by atoms with E-state index in [0.717, 1.165) is 31.0 Å². The number of rotatable bonds is 8. The fourth-order valence-corrected chi connectivity index (χ4v) is 2.67. The van der Waals surface area contributed by atoms with Crippen LogP contribution in [0.15, 0.2) is 60.8 Å². The van der Waals surface area contributed by atoms with Crippen LogP contribution in [0.2, 0.25) is 5.02 Å². The molecule has 0 fully saturated rings. The van der Waals surface area contributed by atoms with Crippen molar-refractivity contribution in [3.05, 3.63) is 76.9 Å². The van der Waals surface area contributed by atoms with Crippen LogP contribution in [0.1, 0.15) is 11.1 Å². The summed E-state index contributed by atoms with van der Waals surface area (Å²) in [5, 5.41) is 15.2. The van der Waals surface area contributed by atoms with Crippen LogP contribution in [0.4, 0.5) is 11.8 Å². The minimum absolute atomic E-state index is 0.531. The number of halogens is 1. The zero-order chi connectivity index (χ0) is 17.3. The zero-order valence-corrected chi connectivity index (χ0v) is 14.6. The lowest BCUT2D eigenvalue weighted by Gasteiger charge is -2.08. The third-order valence-corrected chi connectivity index (χ3v) is 3.94. The second-order valence-electron chi connectivity index (χ2n) is 5.63. The van der Waals surface area contributed by atoms with Gasteiger partial charge in [-0.3, -0.25) is 0 Å². The fourth-order valence-electron chi connectivity index (χ4n) is 2.45. The van der Waals surface area contributed by atoms with E-state index in [0.29, 0.717) is 11.8 Å². The Bertz CT molecular complexity index is 795. The van der Waals surface area contributed by atoms with E-state index < -0.39 is 0 Å². The van der Waals surface area contributed by atoms with Crippen LogP contribution in [-0.4, -0.2) is 28.3 Å². The molecule has 0 bridgehead atoms. The van der Waals surface area contributed by atoms with Crippen LogP contribution >= 0.6 is 11.6 Å². The highest BCUT2D eigenvalue weighted by Crippen LogP contribution is 2.11. The molecule has 0 saturated heterocycles. The van der Waals surface area contributed by atoms with Crippen molar-refractivity contribution in [1.82, 2.24) is 15.2 Å². The predicted molar refractivity (Wildman–Crippen MR) is 102 cm³/mol. The molecule has 0 aliphatic rings. The molecule has 2 aromatic carbocycles. The molecule has 0 aliphatic heterocycles. The molecule has 2 N–H and O–H groups in total. The van der Waals surface area contributed by atoms with Crippen LogP contribution in [0.3, 0.4) is 0 Å². The fraction of sp³-hybridized carbons (Fsp3) is 0.211. The van der Waals surface area contributed by atoms with Gasteiger partial charge in [-0.25, -0.2) is 0 Å². The second-order valence-corrected chi connectivity index (χ2v) is 6.07. The highest BCUT2D eigenvalue weighted by molar-refractivity contribution is 6.30. The van der Waals surface area contributed by atoms with E-state index in [2.05, 4.69) is 44.0 Å². The molecule has 5 nitrogen and oxygen atoms in total. The summed E-state index contributed by atoms with van der Waals surface area (Å²) in [6.07, 6.45) is 3.40. The number of nitrogens with zero attached hydrogens (tertiary/aromatic N) is 3. The molecule has 0 atom stereocenters. The Morgan fingerprint density at radius 3 is 2.44 bits per heavy atom. The van der Waals surface area contributed by atoms with Gasteiger partial charge in [0.25, 0.3) is 0 Å². The summed E-state index contributed by atoms with van der Waals surface area (Å²) in [6, 6.07) is 18.2. The number of hydrogen-bond acceptors (Lipinski definition) is 5. The Hall–Kier alpha value is -2.66. The summed E-state index contributed by atoms with van der Waals surface area (Å²) in [6.45, 7) is 1.51. The highest BCUT2D eigenvalue weighted by Gasteiger charge is 2.01. The Morgan fingerprint density at radius 2 is 1.60 bits per heavy atom. The van der Waals surface area contributed by atoms with Gasteiger partial charge in [-0.2, -0.15) is 10.1 Å². The highest BCUT2D eigenvalue weighted by atomic mass is 35.5. The van der Waals surface area contributed by atoms with Gasteiger partial charge in [-0.1, -0.05) is 54.1 Å². The molecule has 0 unspecified atom stereocenters. The van der Waals surface area contributed by atoms with Crippen LogP contribution in [0.25, 0.3) is 0 Å². The van der Waals surface area contributed by atoms with E-state index in [9.17, 15) is 0 Å². The van der Waals surface area contributed by atoms with E-state index >= 15 is 0 Å². The van der Waals surface area contributed by atoms with Gasteiger partial charge in [-0.15, -0.1) is 5.10 Å². The Balaban J connectivity index is 1.46. The van der Waals surface area contributed by atoms with Gasteiger partial charge in [0.1, 0.15) is 0 Å². The second kappa shape index (κ2) is 8.99. The van der Waals surface area contributed by atoms with Crippen LogP contribution < -0.4 is 10.6 Å². The van der Waals surface area contributed by atoms with Crippen LogP contribution in [0.5, 0.6) is 0 Å². The largest absolute Gasteiger partial charge is 0.368 e. The van der Waals surface area contributed by atoms with Crippen molar-refractivity contribution >= 4 is 23.4 Å². The first-order chi connectivity index (χ1) is 12.3. The first-order valence-corrected chi connectivity index (χ1v) is 8.63. The molecule has 1 heterocycles. The topological polar surface area (TPSA) is 62.7 Å². The molecule has 3 aromatic rings. The molecule has 3 rings (SSSR count). The third kappa shape index (κ3) is 5.72. The molecule has 0 saturated carbocycles. The minimum atomic E-state index is 0.531. The summed E-state index contributed by atoms with van der Waals surface area (Å²) in [7, 11) is 0. The Labute approximate surface area is 152 Å². The average Bonchev–Trinajstić information content (AvgIpc) is 2.63. The van der Waals surface area contributed by atoms with Gasteiger partial charge in [-0.05, 0) is 36.1 Å². The van der Waals surface area contributed by atoms with Crippen molar-refractivity contribution < 1.29 is 0 Å². The van der Waals surface area contributed by atoms with Gasteiger partial charge in [0.05, 0.1) is 6.20 Å². The summed E-state index contributed by atoms with van der Waals surface area (Å²) in [5.41, 5.74) is 2.46. The number of anilines is 2. The lowest BCUT2D eigenvalue weighted by molar-refractivity contribution is 0.916. The molecule has 0 radical (unpaired) electrons. The van der Waals surface area contributed by atoms with Gasteiger partial charge >= 0.3 is 0 Å². The SMILES string of the molecule is Clc1cccc(CCNc2cnnc(NCCc3ccccc3)n2)c1. The quantitative estimate of drug-likeness (QED) is 0.644. The van der Waals surface area contributed by atoms with Crippen molar-refractivity contribution in [3.63, 3.8) is 0 Å². The van der Waals surface area contributed by atoms with Gasteiger partial charge in [0, 0.05) is 18.1 Å². The summed E-state index contributed by atoms with van der Waals surface area (Å²) in [4.78, 5) is 4.43. The number of nitrogens with one attached hydrogen (secondary N) is 2. The van der Waals surface area contributed by atoms with E-state index in [1.807, 2.05) is 36.4 Å². The third-order valence-electron chi connectivity index (χ3n) is 3.71. The lowest BCUT2D eigenvalue weighted by Crippen LogP contribution is -2.12. The van der Waals surface area contributed by atoms with Gasteiger partial charge in [0.15, 0.2) is 5.82 Å². The molecule has 0 amide bonds. The van der Waals surface area contributed by atoms with Gasteiger partial charge < -0.3 is 10.6 Å². The normalized spacial score (nSPS) is 10.4. The van der Waals surface area contributed by atoms with Crippen molar-refractivity contribution in [2.75, 3.05) is 23.7 Å². The molecule has 6 heteroatoms. The molecule has 1 aromatic heterocycles. The van der Waals surface area contributed by atoms with Crippen molar-refractivity contribution in [2.45, 2.75) is 12.8 Å². The zero-order valence-electron chi connectivity index (χ0n) is 13.8. The molecule has 128 valence electrons. The van der Waals surface area contributed by atoms with Crippen LogP contribution in [-0.2, 0) is 12.8 Å². The summed E-state index contributed by atoms with van der Waals surface area (Å²) >= 11 is 6.00. The molecule has 25 heavy (non-hydrogen) atoms. The van der Waals surface area contributed by atoms with Crippen LogP contribution in [0, 0.1) is 0 Å². The minimum Gasteiger partial charge on any atom is -0.368 e. The Morgan fingerprint density at radius 1 is 0.840 bits per heavy atom. The van der Waals surface area contributed by atoms with E-state index in [1.54, 1.807) is 6.20 Å². The maximum Gasteiger partial charge on any atom is 0.244 e. The monoisotopic (exact) mass is 353 g/mol. The van der Waals surface area contributed by atoms with Crippen molar-refractivity contribution in [1.29, 1.82) is 0 Å². The summed E-state index contributed by atoms with van der Waals surface area (Å²) in [5.74, 6) is 1.24. The standard InChI is InChI=1S/C19H20ClN5/c20-17-8-4-7-16(13-17)10-11-21-18-14-23-25-19(24-18)22-12-9-15-5-2-1-3-6-15/h1-8,13-14H,9-12H2,(H2,21,22,24,25). The average molecular weight is 354 g/mol. The van der Waals surface area contributed by atoms with Crippen molar-refractivity contribution in [2.24, 2.45) is 0 Å².